The molecule has 1 unspecified atom stereocenters. The van der Waals surface area contributed by atoms with Crippen LogP contribution in [0.2, 0.25) is 0 Å². The first kappa shape index (κ1) is 13.2. The lowest BCUT2D eigenvalue weighted by Gasteiger charge is -2.11. The lowest BCUT2D eigenvalue weighted by Crippen LogP contribution is -2.33. The third kappa shape index (κ3) is 2.58. The van der Waals surface area contributed by atoms with Gasteiger partial charge in [0.05, 0.1) is 11.6 Å². The molecule has 0 aliphatic carbocycles. The van der Waals surface area contributed by atoms with Gasteiger partial charge in [-0.05, 0) is 19.1 Å². The molecule has 21 heavy (non-hydrogen) atoms. The fourth-order valence-electron chi connectivity index (χ4n) is 2.18. The van der Waals surface area contributed by atoms with Crippen molar-refractivity contribution in [1.29, 1.82) is 0 Å². The maximum absolute atomic E-state index is 12.1. The van der Waals surface area contributed by atoms with Crippen LogP contribution in [-0.4, -0.2) is 20.4 Å². The van der Waals surface area contributed by atoms with Crippen LogP contribution < -0.4 is 11.1 Å². The summed E-state index contributed by atoms with van der Waals surface area (Å²) in [4.78, 5) is 30.8. The fourth-order valence-corrected chi connectivity index (χ4v) is 2.18. The van der Waals surface area contributed by atoms with E-state index in [0.29, 0.717) is 16.9 Å². The summed E-state index contributed by atoms with van der Waals surface area (Å²) in [7, 11) is 0. The molecule has 3 aromatic rings. The van der Waals surface area contributed by atoms with Gasteiger partial charge in [-0.3, -0.25) is 9.36 Å². The van der Waals surface area contributed by atoms with Crippen LogP contribution in [0.1, 0.15) is 18.8 Å². The molecule has 7 nitrogen and oxygen atoms in total. The average molecular weight is 286 g/mol. The predicted octanol–water partition coefficient (Wildman–Crippen LogP) is 1.19. The topological polar surface area (TPSA) is 92.9 Å². The van der Waals surface area contributed by atoms with Gasteiger partial charge in [0.15, 0.2) is 5.58 Å². The van der Waals surface area contributed by atoms with Gasteiger partial charge >= 0.3 is 5.76 Å². The Kier molecular flexibility index (Phi) is 3.31. The molecule has 1 amide bonds. The van der Waals surface area contributed by atoms with Crippen LogP contribution in [0, 0.1) is 0 Å². The number of hydrogen-bond donors (Lipinski definition) is 2. The largest absolute Gasteiger partial charge is 0.420 e. The van der Waals surface area contributed by atoms with Crippen LogP contribution in [0.5, 0.6) is 0 Å². The molecule has 2 N–H and O–H groups in total. The molecule has 2 aromatic heterocycles. The number of aromatic amines is 1. The van der Waals surface area contributed by atoms with Gasteiger partial charge in [-0.1, -0.05) is 12.1 Å². The number of nitrogens with one attached hydrogen (secondary N) is 2. The molecule has 0 bridgehead atoms. The molecule has 0 aliphatic rings. The predicted molar refractivity (Wildman–Crippen MR) is 75.6 cm³/mol. The normalized spacial score (nSPS) is 12.4. The standard InChI is InChI=1S/C14H14N4O3/c1-9(13-15-6-7-16-13)17-12(19)8-18-10-4-2-3-5-11(10)21-14(18)20/h2-7,9H,8H2,1H3,(H,15,16)(H,17,19). The summed E-state index contributed by atoms with van der Waals surface area (Å²) in [6.07, 6.45) is 3.30. The number of carbonyl (C=O) groups is 1. The van der Waals surface area contributed by atoms with Gasteiger partial charge in [-0.25, -0.2) is 9.78 Å². The van der Waals surface area contributed by atoms with Crippen molar-refractivity contribution in [3.63, 3.8) is 0 Å². The zero-order valence-corrected chi connectivity index (χ0v) is 11.4. The monoisotopic (exact) mass is 286 g/mol. The summed E-state index contributed by atoms with van der Waals surface area (Å²) < 4.78 is 6.39. The molecular weight excluding hydrogens is 272 g/mol. The number of carbonyl (C=O) groups excluding carboxylic acids is 1. The van der Waals surface area contributed by atoms with Crippen LogP contribution in [-0.2, 0) is 11.3 Å². The lowest BCUT2D eigenvalue weighted by atomic mass is 10.3. The highest BCUT2D eigenvalue weighted by Crippen LogP contribution is 2.12. The first-order valence-electron chi connectivity index (χ1n) is 6.52. The van der Waals surface area contributed by atoms with Crippen LogP contribution in [0.3, 0.4) is 0 Å². The molecule has 2 heterocycles. The molecule has 3 rings (SSSR count). The SMILES string of the molecule is CC(NC(=O)Cn1c(=O)oc2ccccc21)c1ncc[nH]1. The average Bonchev–Trinajstić information content (AvgIpc) is 3.08. The second kappa shape index (κ2) is 5.28. The van der Waals surface area contributed by atoms with Crippen molar-refractivity contribution in [3.8, 4) is 0 Å². The maximum Gasteiger partial charge on any atom is 0.420 e. The summed E-state index contributed by atoms with van der Waals surface area (Å²) in [5.41, 5.74) is 1.07. The number of nitrogens with zero attached hydrogens (tertiary/aromatic N) is 2. The Morgan fingerprint density at radius 3 is 3.05 bits per heavy atom. The minimum absolute atomic E-state index is 0.0963. The third-order valence-electron chi connectivity index (χ3n) is 3.18. The number of para-hydroxylation sites is 2. The van der Waals surface area contributed by atoms with Crippen LogP contribution in [0.25, 0.3) is 11.1 Å². The number of benzene rings is 1. The van der Waals surface area contributed by atoms with E-state index in [1.165, 1.54) is 4.57 Å². The lowest BCUT2D eigenvalue weighted by molar-refractivity contribution is -0.122. The molecule has 1 aromatic carbocycles. The second-order valence-electron chi connectivity index (χ2n) is 4.69. The Morgan fingerprint density at radius 2 is 2.29 bits per heavy atom. The zero-order chi connectivity index (χ0) is 14.8. The number of aromatic nitrogens is 3. The smallest absolute Gasteiger partial charge is 0.408 e. The third-order valence-corrected chi connectivity index (χ3v) is 3.18. The molecule has 0 aliphatic heterocycles. The van der Waals surface area contributed by atoms with Crippen molar-refractivity contribution in [3.05, 3.63) is 53.0 Å². The Bertz CT molecular complexity index is 816. The van der Waals surface area contributed by atoms with E-state index in [9.17, 15) is 9.59 Å². The maximum atomic E-state index is 12.1. The van der Waals surface area contributed by atoms with Gasteiger partial charge in [0.2, 0.25) is 5.91 Å². The molecule has 7 heteroatoms. The Labute approximate surface area is 119 Å². The van der Waals surface area contributed by atoms with Gasteiger partial charge in [-0.15, -0.1) is 0 Å². The molecule has 0 saturated carbocycles. The van der Waals surface area contributed by atoms with E-state index in [4.69, 9.17) is 4.42 Å². The van der Waals surface area contributed by atoms with Crippen molar-refractivity contribution in [2.75, 3.05) is 0 Å². The summed E-state index contributed by atoms with van der Waals surface area (Å²) in [5.74, 6) is -0.169. The number of rotatable bonds is 4. The number of fused-ring (bicyclic) bond motifs is 1. The molecule has 108 valence electrons. The summed E-state index contributed by atoms with van der Waals surface area (Å²) >= 11 is 0. The number of imidazole rings is 1. The summed E-state index contributed by atoms with van der Waals surface area (Å²) in [6, 6.07) is 6.73. The van der Waals surface area contributed by atoms with Crippen molar-refractivity contribution in [2.45, 2.75) is 19.5 Å². The van der Waals surface area contributed by atoms with Crippen molar-refractivity contribution in [2.24, 2.45) is 0 Å². The number of oxazole rings is 1. The van der Waals surface area contributed by atoms with E-state index in [2.05, 4.69) is 15.3 Å². The Morgan fingerprint density at radius 1 is 1.48 bits per heavy atom. The van der Waals surface area contributed by atoms with Crippen LogP contribution >= 0.6 is 0 Å². The van der Waals surface area contributed by atoms with E-state index in [1.54, 1.807) is 36.7 Å². The minimum atomic E-state index is -0.544. The van der Waals surface area contributed by atoms with E-state index < -0.39 is 5.76 Å². The van der Waals surface area contributed by atoms with E-state index in [-0.39, 0.29) is 18.5 Å². The van der Waals surface area contributed by atoms with Gasteiger partial charge < -0.3 is 14.7 Å². The molecular formula is C14H14N4O3. The van der Waals surface area contributed by atoms with Crippen molar-refractivity contribution < 1.29 is 9.21 Å². The highest BCUT2D eigenvalue weighted by Gasteiger charge is 2.15. The Balaban J connectivity index is 1.78. The van der Waals surface area contributed by atoms with E-state index in [1.807, 2.05) is 6.92 Å². The van der Waals surface area contributed by atoms with Crippen molar-refractivity contribution >= 4 is 17.0 Å². The second-order valence-corrected chi connectivity index (χ2v) is 4.69. The molecule has 0 fully saturated rings. The first-order valence-corrected chi connectivity index (χ1v) is 6.52. The summed E-state index contributed by atoms with van der Waals surface area (Å²) in [5, 5.41) is 2.78. The van der Waals surface area contributed by atoms with E-state index in [0.717, 1.165) is 0 Å². The van der Waals surface area contributed by atoms with Crippen molar-refractivity contribution in [1.82, 2.24) is 19.9 Å². The van der Waals surface area contributed by atoms with Gasteiger partial charge in [-0.2, -0.15) is 0 Å². The zero-order valence-electron chi connectivity index (χ0n) is 11.4. The quantitative estimate of drug-likeness (QED) is 0.753. The van der Waals surface area contributed by atoms with Crippen LogP contribution in [0.4, 0.5) is 0 Å². The molecule has 0 radical (unpaired) electrons. The first-order chi connectivity index (χ1) is 10.1. The van der Waals surface area contributed by atoms with Gasteiger partial charge in [0.25, 0.3) is 0 Å². The van der Waals surface area contributed by atoms with Gasteiger partial charge in [0.1, 0.15) is 12.4 Å². The number of amides is 1. The molecule has 0 spiro atoms. The van der Waals surface area contributed by atoms with Crippen LogP contribution in [0.15, 0.2) is 45.9 Å². The fraction of sp³-hybridized carbons (Fsp3) is 0.214. The molecule has 1 atom stereocenters. The van der Waals surface area contributed by atoms with E-state index >= 15 is 0 Å². The highest BCUT2D eigenvalue weighted by molar-refractivity contribution is 5.79. The number of H-pyrrole nitrogens is 1. The summed E-state index contributed by atoms with van der Waals surface area (Å²) in [6.45, 7) is 1.72. The highest BCUT2D eigenvalue weighted by atomic mass is 16.4. The number of hydrogen-bond acceptors (Lipinski definition) is 4. The molecule has 0 saturated heterocycles. The minimum Gasteiger partial charge on any atom is -0.408 e. The van der Waals surface area contributed by atoms with Gasteiger partial charge in [0, 0.05) is 12.4 Å². The Hall–Kier alpha value is -2.83.